The summed E-state index contributed by atoms with van der Waals surface area (Å²) in [6, 6.07) is 25.5. The fraction of sp³-hybridized carbons (Fsp3) is 0.429. The third-order valence-corrected chi connectivity index (χ3v) is 13.6. The second-order valence-corrected chi connectivity index (χ2v) is 18.9. The van der Waals surface area contributed by atoms with Crippen LogP contribution in [-0.4, -0.2) is 116 Å². The number of carboxylic acid groups (broad SMARTS) is 1. The van der Waals surface area contributed by atoms with Crippen LogP contribution in [0.2, 0.25) is 0 Å². The molecule has 1 atom stereocenters. The number of aliphatic carboxylic acids is 1. The van der Waals surface area contributed by atoms with Gasteiger partial charge < -0.3 is 30.9 Å². The number of carbonyl (C=O) groups is 5. The van der Waals surface area contributed by atoms with Gasteiger partial charge in [-0.2, -0.15) is 0 Å². The predicted molar refractivity (Wildman–Crippen MR) is 255 cm³/mol. The second kappa shape index (κ2) is 23.3. The monoisotopic (exact) mass is 922 g/mol. The lowest BCUT2D eigenvalue weighted by Gasteiger charge is -2.32. The first-order valence-corrected chi connectivity index (χ1v) is 24.5. The van der Waals surface area contributed by atoms with Crippen molar-refractivity contribution in [2.24, 2.45) is 0 Å². The Labute approximate surface area is 387 Å². The number of amides is 4. The normalized spacial score (nSPS) is 15.7. The maximum Gasteiger partial charge on any atom is 0.303 e. The van der Waals surface area contributed by atoms with Gasteiger partial charge in [0.15, 0.2) is 5.69 Å². The number of nitrogens with zero attached hydrogens (tertiary/aromatic N) is 4. The number of aromatic nitrogens is 1. The van der Waals surface area contributed by atoms with E-state index in [9.17, 15) is 32.4 Å². The van der Waals surface area contributed by atoms with Crippen LogP contribution in [0.25, 0.3) is 0 Å². The average Bonchev–Trinajstić information content (AvgIpc) is 3.67. The molecule has 2 fully saturated rings. The largest absolute Gasteiger partial charge is 0.481 e. The van der Waals surface area contributed by atoms with Gasteiger partial charge in [-0.25, -0.2) is 18.1 Å². The lowest BCUT2D eigenvalue weighted by atomic mass is 10.0. The van der Waals surface area contributed by atoms with Gasteiger partial charge in [-0.3, -0.25) is 28.9 Å². The third-order valence-electron chi connectivity index (χ3n) is 12.2. The van der Waals surface area contributed by atoms with Crippen molar-refractivity contribution in [2.45, 2.75) is 90.3 Å². The molecule has 1 aromatic heterocycles. The first-order chi connectivity index (χ1) is 31.7. The van der Waals surface area contributed by atoms with Gasteiger partial charge in [0.05, 0.1) is 23.9 Å². The number of anilines is 3. The van der Waals surface area contributed by atoms with Gasteiger partial charge in [0.25, 0.3) is 17.7 Å². The van der Waals surface area contributed by atoms with Crippen molar-refractivity contribution in [3.63, 3.8) is 0 Å². The summed E-state index contributed by atoms with van der Waals surface area (Å²) in [5.74, 6) is -1.87. The van der Waals surface area contributed by atoms with E-state index in [2.05, 4.69) is 44.3 Å². The van der Waals surface area contributed by atoms with Crippen LogP contribution >= 0.6 is 0 Å². The fourth-order valence-electron chi connectivity index (χ4n) is 8.29. The van der Waals surface area contributed by atoms with E-state index < -0.39 is 33.8 Å². The molecule has 2 saturated heterocycles. The summed E-state index contributed by atoms with van der Waals surface area (Å²) < 4.78 is 25.7. The number of carbonyl (C=O) groups excluding carboxylic acids is 4. The molecule has 16 nitrogen and oxygen atoms in total. The van der Waals surface area contributed by atoms with Gasteiger partial charge in [0.1, 0.15) is 5.82 Å². The van der Waals surface area contributed by atoms with Crippen molar-refractivity contribution in [1.82, 2.24) is 24.8 Å². The fourth-order valence-corrected chi connectivity index (χ4v) is 9.60. The highest BCUT2D eigenvalue weighted by molar-refractivity contribution is 7.89. The highest BCUT2D eigenvalue weighted by atomic mass is 32.2. The minimum absolute atomic E-state index is 0.0502. The number of hydrogen-bond acceptors (Lipinski definition) is 10. The van der Waals surface area contributed by atoms with Gasteiger partial charge in [0.2, 0.25) is 15.9 Å². The molecule has 0 spiro atoms. The number of aryl methyl sites for hydroxylation is 2. The standard InChI is InChI=1S/C49H62N8O8S/c1-4-41(5-2)57(29-28-55(3)44(58)24-25-45(59)60)32-36-10-9-11-38(30-36)48(62)53-42-22-23-43(56-26-7-6-8-27-56)54-46(42)49(63)51-39-20-16-35(17-21-39)13-12-34-14-18-37(19-15-34)47(61)52-40-31-50-66(64,65)33-40/h9-11,14-23,30,40-41,50H,4-8,12-13,24-29,31-33H2,1-3H3,(H,51,63)(H,52,61)(H,53,62)(H,59,60). The zero-order valence-corrected chi connectivity index (χ0v) is 38.9. The Morgan fingerprint density at radius 1 is 0.788 bits per heavy atom. The van der Waals surface area contributed by atoms with E-state index >= 15 is 0 Å². The number of carboxylic acids is 1. The van der Waals surface area contributed by atoms with E-state index in [-0.39, 0.29) is 54.4 Å². The molecule has 3 aromatic carbocycles. The van der Waals surface area contributed by atoms with E-state index in [4.69, 9.17) is 10.1 Å². The van der Waals surface area contributed by atoms with E-state index in [1.165, 1.54) is 0 Å². The van der Waals surface area contributed by atoms with Crippen LogP contribution in [0.15, 0.2) is 84.9 Å². The number of sulfonamides is 1. The maximum atomic E-state index is 14.0. The summed E-state index contributed by atoms with van der Waals surface area (Å²) in [5, 5.41) is 17.7. The zero-order chi connectivity index (χ0) is 47.2. The Morgan fingerprint density at radius 2 is 1.47 bits per heavy atom. The lowest BCUT2D eigenvalue weighted by Crippen LogP contribution is -2.41. The maximum absolute atomic E-state index is 14.0. The Balaban J connectivity index is 1.09. The highest BCUT2D eigenvalue weighted by Gasteiger charge is 2.29. The molecule has 1 unspecified atom stereocenters. The summed E-state index contributed by atoms with van der Waals surface area (Å²) in [6.45, 7) is 7.61. The molecule has 4 aromatic rings. The third kappa shape index (κ3) is 14.2. The van der Waals surface area contributed by atoms with Crippen LogP contribution < -0.4 is 25.6 Å². The Kier molecular flexibility index (Phi) is 17.4. The van der Waals surface area contributed by atoms with Gasteiger partial charge >= 0.3 is 5.97 Å². The number of nitrogens with one attached hydrogen (secondary N) is 4. The van der Waals surface area contributed by atoms with Gasteiger partial charge in [0, 0.05) is 75.6 Å². The quantitative estimate of drug-likeness (QED) is 0.0684. The number of benzene rings is 3. The summed E-state index contributed by atoms with van der Waals surface area (Å²) in [5.41, 5.74) is 4.79. The summed E-state index contributed by atoms with van der Waals surface area (Å²) in [4.78, 5) is 75.0. The Hall–Kier alpha value is -6.17. The van der Waals surface area contributed by atoms with Crippen molar-refractivity contribution >= 4 is 56.8 Å². The molecule has 2 aliphatic rings. The molecule has 0 radical (unpaired) electrons. The molecule has 0 saturated carbocycles. The van der Waals surface area contributed by atoms with Crippen LogP contribution in [0.4, 0.5) is 17.2 Å². The van der Waals surface area contributed by atoms with Crippen LogP contribution in [0, 0.1) is 0 Å². The second-order valence-electron chi connectivity index (χ2n) is 17.1. The zero-order valence-electron chi connectivity index (χ0n) is 38.1. The van der Waals surface area contributed by atoms with Crippen LogP contribution in [-0.2, 0) is 39.0 Å². The summed E-state index contributed by atoms with van der Waals surface area (Å²) in [6.07, 6.45) is 6.13. The number of rotatable bonds is 21. The highest BCUT2D eigenvalue weighted by Crippen LogP contribution is 2.25. The number of likely N-dealkylation sites (N-methyl/N-ethyl adjacent to an activating group) is 1. The first-order valence-electron chi connectivity index (χ1n) is 22.8. The molecule has 5 N–H and O–H groups in total. The first kappa shape index (κ1) is 49.3. The number of piperidine rings is 1. The Morgan fingerprint density at radius 3 is 2.11 bits per heavy atom. The molecule has 6 rings (SSSR count). The van der Waals surface area contributed by atoms with E-state index in [0.29, 0.717) is 55.1 Å². The van der Waals surface area contributed by atoms with Crippen molar-refractivity contribution in [1.29, 1.82) is 0 Å². The molecular weight excluding hydrogens is 861 g/mol. The van der Waals surface area contributed by atoms with Crippen LogP contribution in [0.1, 0.15) is 107 Å². The van der Waals surface area contributed by atoms with E-state index in [0.717, 1.165) is 61.9 Å². The van der Waals surface area contributed by atoms with Crippen LogP contribution in [0.3, 0.4) is 0 Å². The molecule has 2 aliphatic heterocycles. The average molecular weight is 923 g/mol. The minimum Gasteiger partial charge on any atom is -0.481 e. The summed E-state index contributed by atoms with van der Waals surface area (Å²) >= 11 is 0. The minimum atomic E-state index is -3.34. The number of hydrogen-bond donors (Lipinski definition) is 5. The smallest absolute Gasteiger partial charge is 0.303 e. The Bertz CT molecular complexity index is 2440. The van der Waals surface area contributed by atoms with Crippen molar-refractivity contribution < 1.29 is 37.5 Å². The predicted octanol–water partition coefficient (Wildman–Crippen LogP) is 5.71. The van der Waals surface area contributed by atoms with Gasteiger partial charge in [-0.15, -0.1) is 0 Å². The molecule has 352 valence electrons. The lowest BCUT2D eigenvalue weighted by molar-refractivity contribution is -0.140. The summed E-state index contributed by atoms with van der Waals surface area (Å²) in [7, 11) is -1.65. The van der Waals surface area contributed by atoms with Crippen molar-refractivity contribution in [3.8, 4) is 0 Å². The topological polar surface area (TPSA) is 210 Å². The van der Waals surface area contributed by atoms with Gasteiger partial charge in [-0.1, -0.05) is 50.2 Å². The molecule has 0 aliphatic carbocycles. The molecule has 66 heavy (non-hydrogen) atoms. The molecule has 0 bridgehead atoms. The van der Waals surface area contributed by atoms with Crippen molar-refractivity contribution in [3.05, 3.63) is 118 Å². The van der Waals surface area contributed by atoms with Gasteiger partial charge in [-0.05, 0) is 110 Å². The number of pyridine rings is 1. The van der Waals surface area contributed by atoms with Crippen LogP contribution in [0.5, 0.6) is 0 Å². The molecule has 17 heteroatoms. The molecule has 3 heterocycles. The van der Waals surface area contributed by atoms with E-state index in [1.54, 1.807) is 36.2 Å². The molecular formula is C49H62N8O8S. The van der Waals surface area contributed by atoms with E-state index in [1.807, 2.05) is 60.7 Å². The SMILES string of the molecule is CCC(CC)N(CCN(C)C(=O)CCC(=O)O)Cc1cccc(C(=O)Nc2ccc(N3CCCCC3)nc2C(=O)Nc2ccc(CCc3ccc(C(=O)NC4CNS(=O)(=O)C4)cc3)cc2)c1. The molecule has 4 amide bonds. The van der Waals surface area contributed by atoms with Crippen molar-refractivity contribution in [2.75, 3.05) is 61.1 Å².